The Balaban J connectivity index is 2.18. The van der Waals surface area contributed by atoms with E-state index in [1.54, 1.807) is 24.9 Å². The van der Waals surface area contributed by atoms with E-state index in [0.717, 1.165) is 25.1 Å². The minimum atomic E-state index is -0.143. The quantitative estimate of drug-likeness (QED) is 0.832. The fraction of sp³-hybridized carbons (Fsp3) is 0.353. The van der Waals surface area contributed by atoms with Crippen LogP contribution in [0.1, 0.15) is 36.1 Å². The highest BCUT2D eigenvalue weighted by atomic mass is 16.2. The maximum atomic E-state index is 12.6. The van der Waals surface area contributed by atoms with E-state index in [4.69, 9.17) is 0 Å². The average molecular weight is 298 g/mol. The summed E-state index contributed by atoms with van der Waals surface area (Å²) in [5.74, 6) is 1.15. The van der Waals surface area contributed by atoms with Crippen LogP contribution in [0, 0.1) is 6.92 Å². The Morgan fingerprint density at radius 2 is 1.95 bits per heavy atom. The molecule has 2 rings (SSSR count). The van der Waals surface area contributed by atoms with Crippen molar-refractivity contribution < 1.29 is 4.79 Å². The number of nitrogens with zero attached hydrogens (tertiary/aromatic N) is 3. The molecule has 0 bridgehead atoms. The van der Waals surface area contributed by atoms with Gasteiger partial charge in [0.25, 0.3) is 5.91 Å². The predicted molar refractivity (Wildman–Crippen MR) is 89.3 cm³/mol. The highest BCUT2D eigenvalue weighted by Crippen LogP contribution is 2.15. The first kappa shape index (κ1) is 15.9. The van der Waals surface area contributed by atoms with E-state index >= 15 is 0 Å². The third kappa shape index (κ3) is 4.04. The smallest absolute Gasteiger partial charge is 0.276 e. The first-order chi connectivity index (χ1) is 10.6. The van der Waals surface area contributed by atoms with Crippen molar-refractivity contribution in [2.24, 2.45) is 0 Å². The molecule has 0 aliphatic heterocycles. The second-order valence-electron chi connectivity index (χ2n) is 5.17. The molecule has 116 valence electrons. The lowest BCUT2D eigenvalue weighted by Gasteiger charge is -2.17. The normalized spacial score (nSPS) is 10.3. The SMILES string of the molecule is CCCCNc1cc(C(=O)N(C)c2ccccc2)nc(C)n1. The number of aryl methyl sites for hydroxylation is 1. The third-order valence-electron chi connectivity index (χ3n) is 3.34. The van der Waals surface area contributed by atoms with Gasteiger partial charge in [-0.15, -0.1) is 0 Å². The van der Waals surface area contributed by atoms with E-state index in [1.807, 2.05) is 30.3 Å². The number of carbonyl (C=O) groups is 1. The number of rotatable bonds is 6. The number of para-hydroxylation sites is 1. The molecule has 0 saturated heterocycles. The van der Waals surface area contributed by atoms with Crippen molar-refractivity contribution in [2.45, 2.75) is 26.7 Å². The minimum Gasteiger partial charge on any atom is -0.370 e. The molecule has 2 aromatic rings. The van der Waals surface area contributed by atoms with Crippen LogP contribution in [-0.2, 0) is 0 Å². The standard InChI is InChI=1S/C17H22N4O/c1-4-5-11-18-16-12-15(19-13(2)20-16)17(22)21(3)14-9-7-6-8-10-14/h6-10,12H,4-5,11H2,1-3H3,(H,18,19,20). The van der Waals surface area contributed by atoms with Gasteiger partial charge in [0.05, 0.1) is 0 Å². The Morgan fingerprint density at radius 1 is 1.23 bits per heavy atom. The van der Waals surface area contributed by atoms with Gasteiger partial charge in [0.2, 0.25) is 0 Å². The third-order valence-corrected chi connectivity index (χ3v) is 3.34. The topological polar surface area (TPSA) is 58.1 Å². The van der Waals surface area contributed by atoms with Gasteiger partial charge in [-0.25, -0.2) is 9.97 Å². The number of nitrogens with one attached hydrogen (secondary N) is 1. The Bertz CT molecular complexity index is 628. The highest BCUT2D eigenvalue weighted by Gasteiger charge is 2.16. The maximum Gasteiger partial charge on any atom is 0.276 e. The van der Waals surface area contributed by atoms with Crippen molar-refractivity contribution in [1.29, 1.82) is 0 Å². The van der Waals surface area contributed by atoms with E-state index < -0.39 is 0 Å². The number of hydrogen-bond donors (Lipinski definition) is 1. The van der Waals surface area contributed by atoms with Gasteiger partial charge in [-0.2, -0.15) is 0 Å². The molecule has 0 fully saturated rings. The molecule has 1 N–H and O–H groups in total. The van der Waals surface area contributed by atoms with E-state index in [2.05, 4.69) is 22.2 Å². The lowest BCUT2D eigenvalue weighted by atomic mass is 10.2. The molecule has 1 aromatic heterocycles. The van der Waals surface area contributed by atoms with Gasteiger partial charge in [0.1, 0.15) is 17.3 Å². The molecule has 22 heavy (non-hydrogen) atoms. The van der Waals surface area contributed by atoms with Crippen molar-refractivity contribution in [2.75, 3.05) is 23.8 Å². The Hall–Kier alpha value is -2.43. The summed E-state index contributed by atoms with van der Waals surface area (Å²) in [7, 11) is 1.75. The molecule has 0 aliphatic carbocycles. The summed E-state index contributed by atoms with van der Waals surface area (Å²) in [6.07, 6.45) is 2.18. The van der Waals surface area contributed by atoms with E-state index in [-0.39, 0.29) is 5.91 Å². The van der Waals surface area contributed by atoms with Crippen molar-refractivity contribution in [3.8, 4) is 0 Å². The molecule has 5 nitrogen and oxygen atoms in total. The molecule has 0 atom stereocenters. The summed E-state index contributed by atoms with van der Waals surface area (Å²) in [5.41, 5.74) is 1.24. The molecule has 0 spiro atoms. The van der Waals surface area contributed by atoms with Crippen LogP contribution in [0.5, 0.6) is 0 Å². The summed E-state index contributed by atoms with van der Waals surface area (Å²) in [6, 6.07) is 11.2. The zero-order valence-electron chi connectivity index (χ0n) is 13.3. The molecule has 0 aliphatic rings. The van der Waals surface area contributed by atoms with E-state index in [9.17, 15) is 4.79 Å². The van der Waals surface area contributed by atoms with Gasteiger partial charge in [-0.3, -0.25) is 4.79 Å². The predicted octanol–water partition coefficient (Wildman–Crippen LogP) is 3.27. The lowest BCUT2D eigenvalue weighted by Crippen LogP contribution is -2.27. The first-order valence-electron chi connectivity index (χ1n) is 7.54. The first-order valence-corrected chi connectivity index (χ1v) is 7.54. The van der Waals surface area contributed by atoms with Gasteiger partial charge in [-0.1, -0.05) is 31.5 Å². The zero-order chi connectivity index (χ0) is 15.9. The molecule has 0 saturated carbocycles. The van der Waals surface area contributed by atoms with Gasteiger partial charge in [0.15, 0.2) is 0 Å². The summed E-state index contributed by atoms with van der Waals surface area (Å²) >= 11 is 0. The largest absolute Gasteiger partial charge is 0.370 e. The summed E-state index contributed by atoms with van der Waals surface area (Å²) in [5, 5.41) is 3.24. The number of unbranched alkanes of at least 4 members (excludes halogenated alkanes) is 1. The van der Waals surface area contributed by atoms with Crippen LogP contribution < -0.4 is 10.2 Å². The molecular formula is C17H22N4O. The molecular weight excluding hydrogens is 276 g/mol. The zero-order valence-corrected chi connectivity index (χ0v) is 13.3. The van der Waals surface area contributed by atoms with E-state index in [1.165, 1.54) is 0 Å². The molecule has 0 radical (unpaired) electrons. The highest BCUT2D eigenvalue weighted by molar-refractivity contribution is 6.04. The van der Waals surface area contributed by atoms with E-state index in [0.29, 0.717) is 17.3 Å². The van der Waals surface area contributed by atoms with Crippen molar-refractivity contribution in [1.82, 2.24) is 9.97 Å². The number of hydrogen-bond acceptors (Lipinski definition) is 4. The van der Waals surface area contributed by atoms with Crippen LogP contribution in [-0.4, -0.2) is 29.5 Å². The summed E-state index contributed by atoms with van der Waals surface area (Å²) < 4.78 is 0. The maximum absolute atomic E-state index is 12.6. The van der Waals surface area contributed by atoms with Crippen LogP contribution in [0.15, 0.2) is 36.4 Å². The van der Waals surface area contributed by atoms with Gasteiger partial charge in [-0.05, 0) is 25.5 Å². The monoisotopic (exact) mass is 298 g/mol. The summed E-state index contributed by atoms with van der Waals surface area (Å²) in [4.78, 5) is 22.8. The molecule has 0 unspecified atom stereocenters. The van der Waals surface area contributed by atoms with Crippen molar-refractivity contribution in [3.05, 3.63) is 47.9 Å². The molecule has 5 heteroatoms. The Kier molecular flexibility index (Phi) is 5.47. The van der Waals surface area contributed by atoms with Crippen LogP contribution >= 0.6 is 0 Å². The molecule has 1 heterocycles. The van der Waals surface area contributed by atoms with Crippen molar-refractivity contribution in [3.63, 3.8) is 0 Å². The van der Waals surface area contributed by atoms with Crippen LogP contribution in [0.25, 0.3) is 0 Å². The number of benzene rings is 1. The number of anilines is 2. The van der Waals surface area contributed by atoms with Gasteiger partial charge in [0, 0.05) is 25.3 Å². The Labute approximate surface area is 131 Å². The fourth-order valence-electron chi connectivity index (χ4n) is 2.10. The number of aromatic nitrogens is 2. The minimum absolute atomic E-state index is 0.143. The lowest BCUT2D eigenvalue weighted by molar-refractivity contribution is 0.0988. The second kappa shape index (κ2) is 7.54. The fourth-order valence-corrected chi connectivity index (χ4v) is 2.10. The molecule has 1 amide bonds. The van der Waals surface area contributed by atoms with Crippen molar-refractivity contribution >= 4 is 17.4 Å². The Morgan fingerprint density at radius 3 is 2.64 bits per heavy atom. The summed E-state index contributed by atoms with van der Waals surface area (Å²) in [6.45, 7) is 4.77. The van der Waals surface area contributed by atoms with Crippen LogP contribution in [0.3, 0.4) is 0 Å². The number of carbonyl (C=O) groups excluding carboxylic acids is 1. The molecule has 1 aromatic carbocycles. The second-order valence-corrected chi connectivity index (χ2v) is 5.17. The van der Waals surface area contributed by atoms with Crippen LogP contribution in [0.4, 0.5) is 11.5 Å². The number of amides is 1. The average Bonchev–Trinajstić information content (AvgIpc) is 2.54. The van der Waals surface area contributed by atoms with Gasteiger partial charge < -0.3 is 10.2 Å². The van der Waals surface area contributed by atoms with Crippen LogP contribution in [0.2, 0.25) is 0 Å². The van der Waals surface area contributed by atoms with Gasteiger partial charge >= 0.3 is 0 Å².